The Kier molecular flexibility index (Phi) is 5.32. The molecule has 1 aliphatic heterocycles. The van der Waals surface area contributed by atoms with E-state index in [9.17, 15) is 19.4 Å². The lowest BCUT2D eigenvalue weighted by Gasteiger charge is -2.31. The van der Waals surface area contributed by atoms with Gasteiger partial charge in [0.15, 0.2) is 0 Å². The molecule has 0 saturated heterocycles. The maximum atomic E-state index is 13.1. The van der Waals surface area contributed by atoms with Crippen LogP contribution in [0.15, 0.2) is 66.7 Å². The third-order valence-electron chi connectivity index (χ3n) is 5.35. The molecule has 5 heteroatoms. The maximum Gasteiger partial charge on any atom is 0.336 e. The van der Waals surface area contributed by atoms with Crippen LogP contribution in [0.4, 0.5) is 4.39 Å². The van der Waals surface area contributed by atoms with Crippen LogP contribution in [0, 0.1) is 5.92 Å². The highest BCUT2D eigenvalue weighted by molar-refractivity contribution is 5.96. The van der Waals surface area contributed by atoms with Crippen molar-refractivity contribution >= 4 is 5.97 Å². The number of halogens is 1. The molecule has 0 aromatic heterocycles. The molecule has 29 heavy (non-hydrogen) atoms. The van der Waals surface area contributed by atoms with Crippen molar-refractivity contribution in [1.29, 1.82) is 0 Å². The summed E-state index contributed by atoms with van der Waals surface area (Å²) in [6.07, 6.45) is 0.0226. The summed E-state index contributed by atoms with van der Waals surface area (Å²) < 4.78 is 19.0. The van der Waals surface area contributed by atoms with Crippen LogP contribution in [0.1, 0.15) is 33.2 Å². The number of rotatable bonds is 5. The van der Waals surface area contributed by atoms with Crippen LogP contribution in [0.5, 0.6) is 5.75 Å². The molecule has 2 N–H and O–H groups in total. The summed E-state index contributed by atoms with van der Waals surface area (Å²) in [5.41, 5.74) is 3.37. The fourth-order valence-electron chi connectivity index (χ4n) is 3.80. The summed E-state index contributed by atoms with van der Waals surface area (Å²) >= 11 is 0. The molecule has 0 amide bonds. The molecule has 148 valence electrons. The first-order chi connectivity index (χ1) is 14.1. The standard InChI is InChI=1S/C24H21FO4/c25-13-16-6-8-19(24(27)28)21(11-16)17-7-9-20-22(12-17)29-14-18(23(20)26)10-15-4-2-1-3-5-15/h1-9,11-12,18,23,26H,10,13-14H2,(H,27,28)/t18-,23?/m0/s1. The summed E-state index contributed by atoms with van der Waals surface area (Å²) in [5, 5.41) is 20.3. The van der Waals surface area contributed by atoms with Crippen molar-refractivity contribution in [3.63, 3.8) is 0 Å². The quantitative estimate of drug-likeness (QED) is 0.654. The van der Waals surface area contributed by atoms with Crippen LogP contribution in [0.3, 0.4) is 0 Å². The molecule has 1 heterocycles. The second-order valence-corrected chi connectivity index (χ2v) is 7.28. The summed E-state index contributed by atoms with van der Waals surface area (Å²) in [6, 6.07) is 19.6. The van der Waals surface area contributed by atoms with Gasteiger partial charge in [0.05, 0.1) is 18.3 Å². The summed E-state index contributed by atoms with van der Waals surface area (Å²) in [5.74, 6) is -0.617. The van der Waals surface area contributed by atoms with Gasteiger partial charge in [0.2, 0.25) is 0 Å². The van der Waals surface area contributed by atoms with Crippen LogP contribution in [0.2, 0.25) is 0 Å². The van der Waals surface area contributed by atoms with Crippen molar-refractivity contribution in [3.8, 4) is 16.9 Å². The molecule has 1 aliphatic rings. The van der Waals surface area contributed by atoms with E-state index < -0.39 is 18.7 Å². The Labute approximate surface area is 168 Å². The van der Waals surface area contributed by atoms with Gasteiger partial charge >= 0.3 is 5.97 Å². The number of hydrogen-bond acceptors (Lipinski definition) is 3. The molecule has 0 spiro atoms. The van der Waals surface area contributed by atoms with Gasteiger partial charge in [-0.1, -0.05) is 48.5 Å². The third-order valence-corrected chi connectivity index (χ3v) is 5.35. The molecule has 1 unspecified atom stereocenters. The predicted octanol–water partition coefficient (Wildman–Crippen LogP) is 4.81. The first-order valence-corrected chi connectivity index (χ1v) is 9.48. The average molecular weight is 392 g/mol. The zero-order valence-electron chi connectivity index (χ0n) is 15.7. The van der Waals surface area contributed by atoms with Crippen molar-refractivity contribution in [2.24, 2.45) is 5.92 Å². The van der Waals surface area contributed by atoms with Gasteiger partial charge in [-0.05, 0) is 46.9 Å². The number of carbonyl (C=O) groups is 1. The highest BCUT2D eigenvalue weighted by Gasteiger charge is 2.30. The van der Waals surface area contributed by atoms with E-state index in [2.05, 4.69) is 0 Å². The minimum absolute atomic E-state index is 0.0693. The molecule has 3 aromatic carbocycles. The zero-order chi connectivity index (χ0) is 20.4. The van der Waals surface area contributed by atoms with E-state index in [1.165, 1.54) is 12.1 Å². The third kappa shape index (κ3) is 3.87. The fourth-order valence-corrected chi connectivity index (χ4v) is 3.80. The lowest BCUT2D eigenvalue weighted by molar-refractivity contribution is 0.0508. The Balaban J connectivity index is 1.65. The molecule has 0 bridgehead atoms. The smallest absolute Gasteiger partial charge is 0.336 e. The van der Waals surface area contributed by atoms with Crippen LogP contribution in [0.25, 0.3) is 11.1 Å². The van der Waals surface area contributed by atoms with Crippen molar-refractivity contribution < 1.29 is 24.1 Å². The van der Waals surface area contributed by atoms with E-state index in [4.69, 9.17) is 4.74 Å². The molecular formula is C24H21FO4. The Hall–Kier alpha value is -3.18. The van der Waals surface area contributed by atoms with Crippen LogP contribution >= 0.6 is 0 Å². The van der Waals surface area contributed by atoms with Gasteiger partial charge in [-0.2, -0.15) is 0 Å². The number of benzene rings is 3. The van der Waals surface area contributed by atoms with E-state index in [0.29, 0.717) is 41.0 Å². The minimum Gasteiger partial charge on any atom is -0.493 e. The average Bonchev–Trinajstić information content (AvgIpc) is 2.75. The van der Waals surface area contributed by atoms with Crippen molar-refractivity contribution in [2.45, 2.75) is 19.2 Å². The number of aromatic carboxylic acids is 1. The van der Waals surface area contributed by atoms with Gasteiger partial charge in [0, 0.05) is 11.5 Å². The Bertz CT molecular complexity index is 1030. The lowest BCUT2D eigenvalue weighted by atomic mass is 9.87. The Morgan fingerprint density at radius 3 is 2.55 bits per heavy atom. The highest BCUT2D eigenvalue weighted by Crippen LogP contribution is 2.40. The van der Waals surface area contributed by atoms with Gasteiger partial charge in [0.1, 0.15) is 12.4 Å². The molecule has 0 saturated carbocycles. The minimum atomic E-state index is -1.08. The molecule has 4 nitrogen and oxygen atoms in total. The number of alkyl halides is 1. The van der Waals surface area contributed by atoms with Gasteiger partial charge in [-0.25, -0.2) is 9.18 Å². The second-order valence-electron chi connectivity index (χ2n) is 7.28. The van der Waals surface area contributed by atoms with E-state index in [0.717, 1.165) is 5.56 Å². The van der Waals surface area contributed by atoms with Crippen molar-refractivity contribution in [1.82, 2.24) is 0 Å². The van der Waals surface area contributed by atoms with Gasteiger partial charge in [0.25, 0.3) is 0 Å². The molecule has 2 atom stereocenters. The van der Waals surface area contributed by atoms with Gasteiger partial charge in [-0.15, -0.1) is 0 Å². The van der Waals surface area contributed by atoms with Crippen molar-refractivity contribution in [2.75, 3.05) is 6.61 Å². The fraction of sp³-hybridized carbons (Fsp3) is 0.208. The Morgan fingerprint density at radius 1 is 1.03 bits per heavy atom. The van der Waals surface area contributed by atoms with Gasteiger partial charge < -0.3 is 14.9 Å². The number of hydrogen-bond donors (Lipinski definition) is 2. The molecule has 0 fully saturated rings. The highest BCUT2D eigenvalue weighted by atomic mass is 19.1. The topological polar surface area (TPSA) is 66.8 Å². The number of carboxylic acid groups (broad SMARTS) is 1. The predicted molar refractivity (Wildman–Crippen MR) is 108 cm³/mol. The van der Waals surface area contributed by atoms with E-state index in [1.807, 2.05) is 30.3 Å². The van der Waals surface area contributed by atoms with Crippen LogP contribution < -0.4 is 4.74 Å². The zero-order valence-corrected chi connectivity index (χ0v) is 15.7. The second kappa shape index (κ2) is 8.05. The molecular weight excluding hydrogens is 371 g/mol. The Morgan fingerprint density at radius 2 is 1.83 bits per heavy atom. The lowest BCUT2D eigenvalue weighted by Crippen LogP contribution is -2.27. The molecule has 0 aliphatic carbocycles. The number of ether oxygens (including phenoxy) is 1. The summed E-state index contributed by atoms with van der Waals surface area (Å²) in [7, 11) is 0. The molecule has 3 aromatic rings. The van der Waals surface area contributed by atoms with Gasteiger partial charge in [-0.3, -0.25) is 0 Å². The van der Waals surface area contributed by atoms with Crippen molar-refractivity contribution in [3.05, 3.63) is 89.0 Å². The van der Waals surface area contributed by atoms with E-state index >= 15 is 0 Å². The summed E-state index contributed by atoms with van der Waals surface area (Å²) in [6.45, 7) is -0.308. The van der Waals surface area contributed by atoms with E-state index in [-0.39, 0.29) is 11.5 Å². The number of carboxylic acids is 1. The van der Waals surface area contributed by atoms with E-state index in [1.54, 1.807) is 24.3 Å². The van der Waals surface area contributed by atoms with Crippen LogP contribution in [-0.2, 0) is 13.1 Å². The SMILES string of the molecule is O=C(O)c1ccc(CF)cc1-c1ccc2c(c1)OC[C@H](Cc1ccccc1)C2O. The molecule has 4 rings (SSSR count). The maximum absolute atomic E-state index is 13.1. The monoisotopic (exact) mass is 392 g/mol. The number of fused-ring (bicyclic) bond motifs is 1. The first-order valence-electron chi connectivity index (χ1n) is 9.48. The van der Waals surface area contributed by atoms with Crippen LogP contribution in [-0.4, -0.2) is 22.8 Å². The normalized spacial score (nSPS) is 18.0. The first kappa shape index (κ1) is 19.2. The largest absolute Gasteiger partial charge is 0.493 e. The molecule has 0 radical (unpaired) electrons. The number of aliphatic hydroxyl groups is 1. The number of aliphatic hydroxyl groups excluding tert-OH is 1. The summed E-state index contributed by atoms with van der Waals surface area (Å²) in [4.78, 5) is 11.6.